The van der Waals surface area contributed by atoms with Gasteiger partial charge < -0.3 is 20.2 Å². The highest BCUT2D eigenvalue weighted by atomic mass is 16.3. The molecular formula is C30H37N5O3. The molecular weight excluding hydrogens is 478 g/mol. The van der Waals surface area contributed by atoms with Gasteiger partial charge in [-0.3, -0.25) is 14.5 Å². The SMILES string of the molecule is CC(=O)N1CC2CC(C1)C2Nc1cc2c(cn1)C1(CC1)CN(C[C@H](O)CN1CCc3ccccc3C1)C2=O. The second-order valence-electron chi connectivity index (χ2n) is 12.3. The third-order valence-electron chi connectivity index (χ3n) is 9.74. The smallest absolute Gasteiger partial charge is 0.254 e. The molecule has 8 rings (SSSR count). The van der Waals surface area contributed by atoms with Gasteiger partial charge in [0.05, 0.1) is 6.10 Å². The van der Waals surface area contributed by atoms with Gasteiger partial charge in [-0.2, -0.15) is 0 Å². The summed E-state index contributed by atoms with van der Waals surface area (Å²) in [7, 11) is 0. The fraction of sp³-hybridized carbons (Fsp3) is 0.567. The molecule has 0 radical (unpaired) electrons. The van der Waals surface area contributed by atoms with Gasteiger partial charge in [-0.25, -0.2) is 4.98 Å². The van der Waals surface area contributed by atoms with Crippen LogP contribution >= 0.6 is 0 Å². The van der Waals surface area contributed by atoms with Gasteiger partial charge in [-0.1, -0.05) is 24.3 Å². The Balaban J connectivity index is 1.02. The van der Waals surface area contributed by atoms with Crippen molar-refractivity contribution in [2.24, 2.45) is 11.8 Å². The molecule has 1 aromatic heterocycles. The lowest BCUT2D eigenvalue weighted by atomic mass is 9.66. The molecule has 4 aliphatic heterocycles. The summed E-state index contributed by atoms with van der Waals surface area (Å²) in [4.78, 5) is 36.3. The van der Waals surface area contributed by atoms with E-state index in [0.29, 0.717) is 37.5 Å². The highest BCUT2D eigenvalue weighted by Gasteiger charge is 2.52. The molecule has 2 saturated heterocycles. The predicted molar refractivity (Wildman–Crippen MR) is 144 cm³/mol. The van der Waals surface area contributed by atoms with E-state index in [1.165, 1.54) is 11.1 Å². The number of nitrogens with one attached hydrogen (secondary N) is 1. The van der Waals surface area contributed by atoms with Crippen LogP contribution in [0.15, 0.2) is 36.5 Å². The fourth-order valence-electron chi connectivity index (χ4n) is 7.42. The van der Waals surface area contributed by atoms with Crippen molar-refractivity contribution in [3.05, 3.63) is 58.8 Å². The van der Waals surface area contributed by atoms with E-state index in [2.05, 4.69) is 34.5 Å². The van der Waals surface area contributed by atoms with Crippen LogP contribution in [-0.2, 0) is 23.2 Å². The van der Waals surface area contributed by atoms with Crippen molar-refractivity contribution in [3.8, 4) is 0 Å². The summed E-state index contributed by atoms with van der Waals surface area (Å²) in [5.41, 5.74) is 4.54. The minimum atomic E-state index is -0.584. The number of aliphatic hydroxyl groups excluding tert-OH is 1. The number of fused-ring (bicyclic) bond motifs is 5. The zero-order valence-electron chi connectivity index (χ0n) is 22.1. The Morgan fingerprint density at radius 2 is 1.95 bits per heavy atom. The quantitative estimate of drug-likeness (QED) is 0.614. The molecule has 1 aromatic carbocycles. The lowest BCUT2D eigenvalue weighted by molar-refractivity contribution is -0.135. The van der Waals surface area contributed by atoms with Crippen molar-refractivity contribution in [2.45, 2.75) is 56.7 Å². The molecule has 38 heavy (non-hydrogen) atoms. The number of nitrogens with zero attached hydrogens (tertiary/aromatic N) is 4. The lowest BCUT2D eigenvalue weighted by Crippen LogP contribution is -2.62. The summed E-state index contributed by atoms with van der Waals surface area (Å²) < 4.78 is 0. The molecule has 2 bridgehead atoms. The summed E-state index contributed by atoms with van der Waals surface area (Å²) in [5.74, 6) is 1.78. The van der Waals surface area contributed by atoms with E-state index >= 15 is 0 Å². The Labute approximate surface area is 224 Å². The molecule has 3 atom stereocenters. The first kappa shape index (κ1) is 24.1. The number of carbonyl (C=O) groups excluding carboxylic acids is 2. The maximum atomic E-state index is 13.7. The molecule has 2 aliphatic carbocycles. The Bertz CT molecular complexity index is 1260. The van der Waals surface area contributed by atoms with Crippen LogP contribution in [-0.4, -0.2) is 88.0 Å². The van der Waals surface area contributed by atoms with Crippen molar-refractivity contribution in [1.29, 1.82) is 0 Å². The lowest BCUT2D eigenvalue weighted by Gasteiger charge is -2.53. The average molecular weight is 516 g/mol. The fourth-order valence-corrected chi connectivity index (χ4v) is 7.42. The highest BCUT2D eigenvalue weighted by Crippen LogP contribution is 2.52. The number of piperidine rings is 2. The molecule has 5 heterocycles. The monoisotopic (exact) mass is 515 g/mol. The largest absolute Gasteiger partial charge is 0.390 e. The van der Waals surface area contributed by atoms with Gasteiger partial charge in [-0.05, 0) is 60.3 Å². The van der Waals surface area contributed by atoms with Crippen molar-refractivity contribution >= 4 is 17.6 Å². The first-order valence-corrected chi connectivity index (χ1v) is 14.2. The van der Waals surface area contributed by atoms with Crippen LogP contribution in [0, 0.1) is 11.8 Å². The highest BCUT2D eigenvalue weighted by molar-refractivity contribution is 5.98. The van der Waals surface area contributed by atoms with Crippen LogP contribution in [0.5, 0.6) is 0 Å². The van der Waals surface area contributed by atoms with Crippen LogP contribution in [0.4, 0.5) is 5.82 Å². The van der Waals surface area contributed by atoms with Crippen LogP contribution < -0.4 is 5.32 Å². The van der Waals surface area contributed by atoms with Crippen LogP contribution in [0.2, 0.25) is 0 Å². The molecule has 8 nitrogen and oxygen atoms in total. The Morgan fingerprint density at radius 3 is 2.68 bits per heavy atom. The molecule has 4 fully saturated rings. The zero-order valence-corrected chi connectivity index (χ0v) is 22.1. The third kappa shape index (κ3) is 4.18. The van der Waals surface area contributed by atoms with Gasteiger partial charge in [0.2, 0.25) is 5.91 Å². The van der Waals surface area contributed by atoms with Gasteiger partial charge in [0.25, 0.3) is 5.91 Å². The van der Waals surface area contributed by atoms with E-state index in [9.17, 15) is 14.7 Å². The average Bonchev–Trinajstić information content (AvgIpc) is 3.70. The zero-order chi connectivity index (χ0) is 26.0. The summed E-state index contributed by atoms with van der Waals surface area (Å²) in [6.45, 7) is 6.62. The van der Waals surface area contributed by atoms with Gasteiger partial charge >= 0.3 is 0 Å². The summed E-state index contributed by atoms with van der Waals surface area (Å²) in [6.07, 6.45) is 5.59. The Kier molecular flexibility index (Phi) is 5.74. The molecule has 2 saturated carbocycles. The van der Waals surface area contributed by atoms with Gasteiger partial charge in [-0.15, -0.1) is 0 Å². The molecule has 8 heteroatoms. The minimum absolute atomic E-state index is 0.00238. The van der Waals surface area contributed by atoms with Crippen LogP contribution in [0.3, 0.4) is 0 Å². The van der Waals surface area contributed by atoms with E-state index < -0.39 is 6.10 Å². The molecule has 2 N–H and O–H groups in total. The van der Waals surface area contributed by atoms with Crippen molar-refractivity contribution in [2.75, 3.05) is 44.6 Å². The van der Waals surface area contributed by atoms with Crippen LogP contribution in [0.25, 0.3) is 0 Å². The topological polar surface area (TPSA) is 89.0 Å². The van der Waals surface area contributed by atoms with E-state index in [-0.39, 0.29) is 17.2 Å². The van der Waals surface area contributed by atoms with Crippen molar-refractivity contribution < 1.29 is 14.7 Å². The number of amides is 2. The summed E-state index contributed by atoms with van der Waals surface area (Å²) in [6, 6.07) is 10.8. The number of carbonyl (C=O) groups is 2. The first-order chi connectivity index (χ1) is 18.4. The Morgan fingerprint density at radius 1 is 1.18 bits per heavy atom. The van der Waals surface area contributed by atoms with E-state index in [0.717, 1.165) is 68.8 Å². The number of hydrogen-bond donors (Lipinski definition) is 2. The molecule has 2 aromatic rings. The molecule has 6 aliphatic rings. The molecule has 1 spiro atoms. The summed E-state index contributed by atoms with van der Waals surface area (Å²) >= 11 is 0. The van der Waals surface area contributed by atoms with E-state index in [1.807, 2.05) is 22.1 Å². The second-order valence-corrected chi connectivity index (χ2v) is 12.3. The molecule has 2 unspecified atom stereocenters. The number of aromatic nitrogens is 1. The van der Waals surface area contributed by atoms with Crippen molar-refractivity contribution in [3.63, 3.8) is 0 Å². The standard InChI is InChI=1S/C30H37N5O3/c1-19(36)34-14-22-10-23(15-34)28(22)32-27-11-25-26(12-31-27)30(7-8-30)18-35(29(25)38)17-24(37)16-33-9-6-20-4-2-3-5-21(20)13-33/h2-5,11-12,22-24,28,37H,6-10,13-18H2,1H3,(H,31,32)/t22?,23?,24-,28?/m1/s1. The Hall–Kier alpha value is -2.97. The van der Waals surface area contributed by atoms with E-state index in [4.69, 9.17) is 4.98 Å². The third-order valence-corrected chi connectivity index (χ3v) is 9.74. The normalized spacial score (nSPS) is 27.8. The second kappa shape index (κ2) is 9.06. The number of anilines is 1. The van der Waals surface area contributed by atoms with Gasteiger partial charge in [0.15, 0.2) is 0 Å². The van der Waals surface area contributed by atoms with Gasteiger partial charge in [0.1, 0.15) is 5.82 Å². The maximum absolute atomic E-state index is 13.7. The number of benzene rings is 1. The minimum Gasteiger partial charge on any atom is -0.390 e. The van der Waals surface area contributed by atoms with Gasteiger partial charge in [0, 0.05) is 76.0 Å². The summed E-state index contributed by atoms with van der Waals surface area (Å²) in [5, 5.41) is 14.6. The number of β-amino-alcohol motifs (C(OH)–C–C–N with tert-alkyl or cyclic N) is 1. The maximum Gasteiger partial charge on any atom is 0.254 e. The molecule has 2 amide bonds. The number of rotatable bonds is 6. The predicted octanol–water partition coefficient (Wildman–Crippen LogP) is 2.27. The van der Waals surface area contributed by atoms with Crippen LogP contribution in [0.1, 0.15) is 53.2 Å². The first-order valence-electron chi connectivity index (χ1n) is 14.2. The van der Waals surface area contributed by atoms with Crippen molar-refractivity contribution in [1.82, 2.24) is 19.7 Å². The number of hydrogen-bond acceptors (Lipinski definition) is 6. The number of aliphatic hydroxyl groups is 1. The molecule has 200 valence electrons. The number of pyridine rings is 1. The van der Waals surface area contributed by atoms with E-state index in [1.54, 1.807) is 6.92 Å².